The van der Waals surface area contributed by atoms with E-state index in [0.717, 1.165) is 11.3 Å². The lowest BCUT2D eigenvalue weighted by atomic mass is 10.2. The van der Waals surface area contributed by atoms with Gasteiger partial charge in [-0.1, -0.05) is 12.1 Å². The van der Waals surface area contributed by atoms with E-state index in [1.165, 1.54) is 0 Å². The molecule has 2 rings (SSSR count). The van der Waals surface area contributed by atoms with Crippen LogP contribution in [0.25, 0.3) is 0 Å². The number of carbonyl (C=O) groups is 1. The van der Waals surface area contributed by atoms with E-state index in [0.29, 0.717) is 6.42 Å². The predicted octanol–water partition coefficient (Wildman–Crippen LogP) is 1.62. The molecule has 3 heteroatoms. The number of benzene rings is 1. The molecule has 1 fully saturated rings. The molecule has 1 aromatic carbocycles. The van der Waals surface area contributed by atoms with Gasteiger partial charge in [-0.05, 0) is 31.5 Å². The summed E-state index contributed by atoms with van der Waals surface area (Å²) in [6, 6.07) is 8.16. The highest BCUT2D eigenvalue weighted by molar-refractivity contribution is 5.94. The number of nitrogens with zero attached hydrogens (tertiary/aromatic N) is 1. The summed E-state index contributed by atoms with van der Waals surface area (Å²) in [5.41, 5.74) is 5.22. The molecule has 0 saturated carbocycles. The number of nitrogens with one attached hydrogen (secondary N) is 1. The first-order chi connectivity index (χ1) is 6.66. The molecule has 1 unspecified atom stereocenters. The van der Waals surface area contributed by atoms with Crippen molar-refractivity contribution in [3.05, 3.63) is 29.8 Å². The van der Waals surface area contributed by atoms with Crippen LogP contribution in [0.2, 0.25) is 0 Å². The van der Waals surface area contributed by atoms with Gasteiger partial charge >= 0.3 is 0 Å². The molecule has 1 amide bonds. The van der Waals surface area contributed by atoms with Crippen molar-refractivity contribution in [3.63, 3.8) is 0 Å². The van der Waals surface area contributed by atoms with Crippen LogP contribution in [0.15, 0.2) is 24.3 Å². The van der Waals surface area contributed by atoms with Crippen LogP contribution in [0, 0.1) is 6.92 Å². The van der Waals surface area contributed by atoms with Gasteiger partial charge in [-0.15, -0.1) is 0 Å². The maximum absolute atomic E-state index is 11.6. The summed E-state index contributed by atoms with van der Waals surface area (Å²) >= 11 is 0. The monoisotopic (exact) mass is 190 g/mol. The lowest BCUT2D eigenvalue weighted by Crippen LogP contribution is -2.36. The second-order valence-electron chi connectivity index (χ2n) is 3.80. The Bertz CT molecular complexity index is 362. The van der Waals surface area contributed by atoms with Crippen LogP contribution in [0.3, 0.4) is 0 Å². The molecule has 0 aliphatic carbocycles. The highest BCUT2D eigenvalue weighted by Gasteiger charge is 2.26. The fraction of sp³-hybridized carbons (Fsp3) is 0.364. The zero-order chi connectivity index (χ0) is 10.1. The predicted molar refractivity (Wildman–Crippen MR) is 55.9 cm³/mol. The van der Waals surface area contributed by atoms with Crippen LogP contribution >= 0.6 is 0 Å². The van der Waals surface area contributed by atoms with Gasteiger partial charge in [0.25, 0.3) is 0 Å². The van der Waals surface area contributed by atoms with Gasteiger partial charge in [0, 0.05) is 12.5 Å². The number of anilines is 1. The molecule has 0 radical (unpaired) electrons. The number of hydrazine groups is 1. The van der Waals surface area contributed by atoms with Crippen molar-refractivity contribution in [1.29, 1.82) is 0 Å². The first-order valence-electron chi connectivity index (χ1n) is 4.82. The summed E-state index contributed by atoms with van der Waals surface area (Å²) in [5, 5.41) is 1.64. The van der Waals surface area contributed by atoms with E-state index in [-0.39, 0.29) is 11.9 Å². The number of hydrogen-bond donors (Lipinski definition) is 1. The van der Waals surface area contributed by atoms with Gasteiger partial charge in [-0.2, -0.15) is 0 Å². The molecule has 1 aliphatic heterocycles. The molecule has 1 aromatic rings. The molecule has 1 aliphatic rings. The lowest BCUT2D eigenvalue weighted by molar-refractivity contribution is -0.117. The molecule has 0 spiro atoms. The van der Waals surface area contributed by atoms with Gasteiger partial charge in [-0.3, -0.25) is 4.79 Å². The highest BCUT2D eigenvalue weighted by Crippen LogP contribution is 2.19. The number of aryl methyl sites for hydroxylation is 1. The van der Waals surface area contributed by atoms with E-state index in [9.17, 15) is 4.79 Å². The van der Waals surface area contributed by atoms with E-state index in [2.05, 4.69) is 5.43 Å². The maximum Gasteiger partial charge on any atom is 0.242 e. The van der Waals surface area contributed by atoms with E-state index in [4.69, 9.17) is 0 Å². The molecule has 1 saturated heterocycles. The third kappa shape index (κ3) is 1.63. The van der Waals surface area contributed by atoms with Crippen molar-refractivity contribution >= 4 is 11.6 Å². The standard InChI is InChI=1S/C11H14N2O/c1-8-4-3-5-10(6-8)13-11(14)7-9(2)12-13/h3-6,9,12H,7H2,1-2H3. The number of hydrogen-bond acceptors (Lipinski definition) is 2. The van der Waals surface area contributed by atoms with Gasteiger partial charge in [0.05, 0.1) is 5.69 Å². The maximum atomic E-state index is 11.6. The highest BCUT2D eigenvalue weighted by atomic mass is 16.2. The largest absolute Gasteiger partial charge is 0.273 e. The van der Waals surface area contributed by atoms with Crippen LogP contribution in [0.1, 0.15) is 18.9 Å². The van der Waals surface area contributed by atoms with Crippen LogP contribution < -0.4 is 10.4 Å². The van der Waals surface area contributed by atoms with Gasteiger partial charge in [-0.25, -0.2) is 10.4 Å². The number of carbonyl (C=O) groups excluding carboxylic acids is 1. The van der Waals surface area contributed by atoms with E-state index < -0.39 is 0 Å². The molecule has 0 bridgehead atoms. The number of amides is 1. The minimum atomic E-state index is 0.142. The van der Waals surface area contributed by atoms with E-state index in [1.54, 1.807) is 5.01 Å². The smallest absolute Gasteiger partial charge is 0.242 e. The van der Waals surface area contributed by atoms with Gasteiger partial charge in [0.2, 0.25) is 5.91 Å². The van der Waals surface area contributed by atoms with Crippen molar-refractivity contribution < 1.29 is 4.79 Å². The van der Waals surface area contributed by atoms with Crippen LogP contribution in [0.5, 0.6) is 0 Å². The SMILES string of the molecule is Cc1cccc(N2NC(C)CC2=O)c1. The second kappa shape index (κ2) is 3.42. The Morgan fingerprint density at radius 2 is 2.29 bits per heavy atom. The molecule has 0 aromatic heterocycles. The van der Waals surface area contributed by atoms with Crippen LogP contribution in [-0.4, -0.2) is 11.9 Å². The minimum Gasteiger partial charge on any atom is -0.273 e. The first-order valence-corrected chi connectivity index (χ1v) is 4.82. The Labute approximate surface area is 83.7 Å². The van der Waals surface area contributed by atoms with Crippen molar-refractivity contribution in [2.24, 2.45) is 0 Å². The summed E-state index contributed by atoms with van der Waals surface area (Å²) in [6.07, 6.45) is 0.577. The summed E-state index contributed by atoms with van der Waals surface area (Å²) in [7, 11) is 0. The second-order valence-corrected chi connectivity index (χ2v) is 3.80. The number of rotatable bonds is 1. The minimum absolute atomic E-state index is 0.142. The van der Waals surface area contributed by atoms with Crippen molar-refractivity contribution in [3.8, 4) is 0 Å². The zero-order valence-electron chi connectivity index (χ0n) is 8.45. The quantitative estimate of drug-likeness (QED) is 0.730. The van der Waals surface area contributed by atoms with Crippen LogP contribution in [0.4, 0.5) is 5.69 Å². The van der Waals surface area contributed by atoms with Crippen molar-refractivity contribution in [1.82, 2.24) is 5.43 Å². The topological polar surface area (TPSA) is 32.3 Å². The van der Waals surface area contributed by atoms with Gasteiger partial charge < -0.3 is 0 Å². The van der Waals surface area contributed by atoms with E-state index >= 15 is 0 Å². The average Bonchev–Trinajstić information content (AvgIpc) is 2.45. The Kier molecular flexibility index (Phi) is 2.25. The Hall–Kier alpha value is -1.35. The summed E-state index contributed by atoms with van der Waals surface area (Å²) in [5.74, 6) is 0.142. The zero-order valence-corrected chi connectivity index (χ0v) is 8.45. The normalized spacial score (nSPS) is 21.7. The third-order valence-corrected chi connectivity index (χ3v) is 2.34. The molecule has 1 heterocycles. The Balaban J connectivity index is 2.27. The molecular formula is C11H14N2O. The van der Waals surface area contributed by atoms with Crippen molar-refractivity contribution in [2.75, 3.05) is 5.01 Å². The van der Waals surface area contributed by atoms with Crippen molar-refractivity contribution in [2.45, 2.75) is 26.3 Å². The molecule has 3 nitrogen and oxygen atoms in total. The fourth-order valence-corrected chi connectivity index (χ4v) is 1.68. The fourth-order valence-electron chi connectivity index (χ4n) is 1.68. The summed E-state index contributed by atoms with van der Waals surface area (Å²) in [6.45, 7) is 4.03. The first kappa shape index (κ1) is 9.21. The van der Waals surface area contributed by atoms with E-state index in [1.807, 2.05) is 38.1 Å². The van der Waals surface area contributed by atoms with Gasteiger partial charge in [0.1, 0.15) is 0 Å². The van der Waals surface area contributed by atoms with Gasteiger partial charge in [0.15, 0.2) is 0 Å². The molecule has 1 atom stereocenters. The molecular weight excluding hydrogens is 176 g/mol. The summed E-state index contributed by atoms with van der Waals surface area (Å²) < 4.78 is 0. The average molecular weight is 190 g/mol. The Morgan fingerprint density at radius 1 is 1.50 bits per heavy atom. The molecule has 14 heavy (non-hydrogen) atoms. The lowest BCUT2D eigenvalue weighted by Gasteiger charge is -2.17. The molecule has 74 valence electrons. The summed E-state index contributed by atoms with van der Waals surface area (Å²) in [4.78, 5) is 11.6. The van der Waals surface area contributed by atoms with Crippen LogP contribution in [-0.2, 0) is 4.79 Å². The third-order valence-electron chi connectivity index (χ3n) is 2.34. The molecule has 1 N–H and O–H groups in total. The Morgan fingerprint density at radius 3 is 2.86 bits per heavy atom.